The number of aryl methyl sites for hydroxylation is 1. The first kappa shape index (κ1) is 19.5. The van der Waals surface area contributed by atoms with Gasteiger partial charge < -0.3 is 15.5 Å². The smallest absolute Gasteiger partial charge is 0.242 e. The van der Waals surface area contributed by atoms with Gasteiger partial charge in [-0.3, -0.25) is 14.5 Å². The van der Waals surface area contributed by atoms with Gasteiger partial charge in [-0.1, -0.05) is 29.8 Å². The van der Waals surface area contributed by atoms with E-state index in [1.54, 1.807) is 4.90 Å². The van der Waals surface area contributed by atoms with Gasteiger partial charge in [0.2, 0.25) is 11.8 Å². The first-order chi connectivity index (χ1) is 14.4. The Kier molecular flexibility index (Phi) is 4.60. The summed E-state index contributed by atoms with van der Waals surface area (Å²) in [5.41, 5.74) is 8.64. The van der Waals surface area contributed by atoms with Crippen molar-refractivity contribution in [3.05, 3.63) is 35.4 Å². The molecule has 0 radical (unpaired) electrons. The minimum Gasteiger partial charge on any atom is -0.330 e. The van der Waals surface area contributed by atoms with Crippen molar-refractivity contribution in [1.82, 2.24) is 14.7 Å². The molecule has 158 valence electrons. The van der Waals surface area contributed by atoms with E-state index in [0.29, 0.717) is 12.5 Å². The molecule has 2 unspecified atom stereocenters. The lowest BCUT2D eigenvalue weighted by molar-refractivity contribution is -0.141. The fourth-order valence-electron chi connectivity index (χ4n) is 5.90. The maximum atomic E-state index is 13.1. The molecule has 1 aromatic rings. The van der Waals surface area contributed by atoms with Crippen molar-refractivity contribution in [2.24, 2.45) is 11.7 Å². The lowest BCUT2D eigenvalue weighted by Crippen LogP contribution is -2.57. The largest absolute Gasteiger partial charge is 0.330 e. The summed E-state index contributed by atoms with van der Waals surface area (Å²) in [7, 11) is 0. The lowest BCUT2D eigenvalue weighted by atomic mass is 10.0. The Bertz CT molecular complexity index is 926. The third kappa shape index (κ3) is 3.01. The van der Waals surface area contributed by atoms with Gasteiger partial charge in [-0.25, -0.2) is 0 Å². The molecule has 2 bridgehead atoms. The monoisotopic (exact) mass is 407 g/mol. The van der Waals surface area contributed by atoms with E-state index in [4.69, 9.17) is 5.73 Å². The molecule has 1 saturated carbocycles. The van der Waals surface area contributed by atoms with Crippen LogP contribution >= 0.6 is 0 Å². The minimum absolute atomic E-state index is 0.0395. The standard InChI is InChI=1S/C23H29N5O2/c1-13-4-3-5-15(6-13)14(2)27-18-9-21(23(27)30)26(11-18)12-19(25)22(29)28-17(10-24)7-16-8-20(16)28/h3-6,14,16-21H,7-9,11-12,25H2,1-2H3/t14-,16?,17-,18?,19-,20-,21+/m0/s1. The number of nitriles is 1. The lowest BCUT2D eigenvalue weighted by Gasteiger charge is -2.38. The molecule has 7 atom stereocenters. The van der Waals surface area contributed by atoms with E-state index in [1.807, 2.05) is 11.0 Å². The van der Waals surface area contributed by atoms with Crippen LogP contribution in [0, 0.1) is 24.2 Å². The summed E-state index contributed by atoms with van der Waals surface area (Å²) in [5, 5.41) is 9.36. The molecule has 1 aromatic carbocycles. The summed E-state index contributed by atoms with van der Waals surface area (Å²) in [6, 6.07) is 9.76. The van der Waals surface area contributed by atoms with E-state index < -0.39 is 6.04 Å². The van der Waals surface area contributed by atoms with E-state index in [1.165, 1.54) is 5.56 Å². The summed E-state index contributed by atoms with van der Waals surface area (Å²) < 4.78 is 0. The zero-order valence-corrected chi connectivity index (χ0v) is 17.6. The molecule has 4 aliphatic rings. The summed E-state index contributed by atoms with van der Waals surface area (Å²) in [5.74, 6) is 0.483. The molecule has 7 heteroatoms. The van der Waals surface area contributed by atoms with Crippen molar-refractivity contribution in [1.29, 1.82) is 5.26 Å². The third-order valence-corrected chi connectivity index (χ3v) is 7.51. The van der Waals surface area contributed by atoms with E-state index >= 15 is 0 Å². The number of amides is 2. The molecule has 1 aliphatic carbocycles. The number of hydrogen-bond donors (Lipinski definition) is 1. The predicted molar refractivity (Wildman–Crippen MR) is 111 cm³/mol. The van der Waals surface area contributed by atoms with Crippen LogP contribution in [0.1, 0.15) is 43.4 Å². The van der Waals surface area contributed by atoms with Crippen molar-refractivity contribution in [3.63, 3.8) is 0 Å². The van der Waals surface area contributed by atoms with Crippen LogP contribution in [-0.4, -0.2) is 69.8 Å². The Balaban J connectivity index is 1.24. The second kappa shape index (κ2) is 7.07. The highest BCUT2D eigenvalue weighted by molar-refractivity contribution is 5.87. The third-order valence-electron chi connectivity index (χ3n) is 7.51. The Morgan fingerprint density at radius 2 is 2.13 bits per heavy atom. The number of piperazine rings is 1. The van der Waals surface area contributed by atoms with Gasteiger partial charge >= 0.3 is 0 Å². The Morgan fingerprint density at radius 3 is 2.83 bits per heavy atom. The van der Waals surface area contributed by atoms with Crippen molar-refractivity contribution in [2.45, 2.75) is 69.4 Å². The van der Waals surface area contributed by atoms with E-state index in [-0.39, 0.29) is 42.0 Å². The van der Waals surface area contributed by atoms with Crippen molar-refractivity contribution < 1.29 is 9.59 Å². The second-order valence-electron chi connectivity index (χ2n) is 9.49. The van der Waals surface area contributed by atoms with Gasteiger partial charge in [0.25, 0.3) is 0 Å². The van der Waals surface area contributed by atoms with E-state index in [2.05, 4.69) is 43.0 Å². The number of hydrogen-bond acceptors (Lipinski definition) is 5. The number of nitrogens with zero attached hydrogens (tertiary/aromatic N) is 4. The van der Waals surface area contributed by atoms with Crippen LogP contribution in [0.15, 0.2) is 24.3 Å². The first-order valence-corrected chi connectivity index (χ1v) is 11.0. The van der Waals surface area contributed by atoms with Gasteiger partial charge in [-0.15, -0.1) is 0 Å². The maximum Gasteiger partial charge on any atom is 0.242 e. The number of likely N-dealkylation sites (tertiary alicyclic amines) is 3. The molecule has 2 amide bonds. The van der Waals surface area contributed by atoms with Crippen molar-refractivity contribution >= 4 is 11.8 Å². The normalized spacial score (nSPS) is 34.1. The van der Waals surface area contributed by atoms with Crippen LogP contribution in [0.3, 0.4) is 0 Å². The molecule has 7 nitrogen and oxygen atoms in total. The van der Waals surface area contributed by atoms with Crippen LogP contribution in [-0.2, 0) is 9.59 Å². The molecule has 4 fully saturated rings. The van der Waals surface area contributed by atoms with Gasteiger partial charge in [0.15, 0.2) is 0 Å². The highest BCUT2D eigenvalue weighted by Gasteiger charge is 2.56. The highest BCUT2D eigenvalue weighted by atomic mass is 16.2. The molecule has 3 heterocycles. The Hall–Kier alpha value is -2.43. The number of benzene rings is 1. The van der Waals surface area contributed by atoms with Crippen LogP contribution in [0.5, 0.6) is 0 Å². The topological polar surface area (TPSA) is 93.7 Å². The number of carbonyl (C=O) groups excluding carboxylic acids is 2. The summed E-state index contributed by atoms with van der Waals surface area (Å²) in [4.78, 5) is 31.9. The number of nitrogens with two attached hydrogens (primary N) is 1. The molecular formula is C23H29N5O2. The van der Waals surface area contributed by atoms with E-state index in [0.717, 1.165) is 31.4 Å². The van der Waals surface area contributed by atoms with Crippen molar-refractivity contribution in [3.8, 4) is 6.07 Å². The van der Waals surface area contributed by atoms with E-state index in [9.17, 15) is 14.9 Å². The minimum atomic E-state index is -0.685. The molecule has 30 heavy (non-hydrogen) atoms. The van der Waals surface area contributed by atoms with Crippen LogP contribution in [0.4, 0.5) is 0 Å². The molecule has 3 aliphatic heterocycles. The van der Waals surface area contributed by atoms with Crippen molar-refractivity contribution in [2.75, 3.05) is 13.1 Å². The van der Waals surface area contributed by atoms with Gasteiger partial charge in [-0.05, 0) is 44.6 Å². The maximum absolute atomic E-state index is 13.1. The van der Waals surface area contributed by atoms with Crippen LogP contribution < -0.4 is 5.73 Å². The summed E-state index contributed by atoms with van der Waals surface area (Å²) in [6.07, 6.45) is 2.57. The molecule has 5 rings (SSSR count). The molecule has 2 N–H and O–H groups in total. The number of fused-ring (bicyclic) bond motifs is 3. The molecule has 0 aromatic heterocycles. The second-order valence-corrected chi connectivity index (χ2v) is 9.49. The van der Waals surface area contributed by atoms with Crippen LogP contribution in [0.25, 0.3) is 0 Å². The average molecular weight is 408 g/mol. The fourth-order valence-corrected chi connectivity index (χ4v) is 5.90. The Labute approximate surface area is 177 Å². The first-order valence-electron chi connectivity index (χ1n) is 11.0. The zero-order chi connectivity index (χ0) is 21.2. The zero-order valence-electron chi connectivity index (χ0n) is 17.6. The van der Waals surface area contributed by atoms with Gasteiger partial charge in [0, 0.05) is 25.2 Å². The predicted octanol–water partition coefficient (Wildman–Crippen LogP) is 1.18. The molecular weight excluding hydrogens is 378 g/mol. The number of piperidine rings is 1. The SMILES string of the molecule is Cc1cccc([C@H](C)N2C(=O)[C@H]3CC2CN3C[C@H](N)C(=O)N2[C@H](C#N)CC3C[C@@H]32)c1. The highest BCUT2D eigenvalue weighted by Crippen LogP contribution is 2.48. The average Bonchev–Trinajstić information content (AvgIpc) is 3.06. The van der Waals surface area contributed by atoms with Gasteiger partial charge in [0.1, 0.15) is 6.04 Å². The Morgan fingerprint density at radius 1 is 1.33 bits per heavy atom. The molecule has 0 spiro atoms. The summed E-state index contributed by atoms with van der Waals surface area (Å²) in [6.45, 7) is 5.29. The fraction of sp³-hybridized carbons (Fsp3) is 0.609. The number of rotatable bonds is 5. The molecule has 3 saturated heterocycles. The van der Waals surface area contributed by atoms with Crippen LogP contribution in [0.2, 0.25) is 0 Å². The number of carbonyl (C=O) groups is 2. The quantitative estimate of drug-likeness (QED) is 0.791. The van der Waals surface area contributed by atoms with Gasteiger partial charge in [0.05, 0.1) is 24.2 Å². The summed E-state index contributed by atoms with van der Waals surface area (Å²) >= 11 is 0. The van der Waals surface area contributed by atoms with Gasteiger partial charge in [-0.2, -0.15) is 5.26 Å².